The summed E-state index contributed by atoms with van der Waals surface area (Å²) >= 11 is 0. The van der Waals surface area contributed by atoms with Gasteiger partial charge in [0.15, 0.2) is 0 Å². The molecule has 182 valence electrons. The minimum atomic E-state index is -0.560. The molecule has 1 N–H and O–H groups in total. The highest BCUT2D eigenvalue weighted by Crippen LogP contribution is 2.38. The summed E-state index contributed by atoms with van der Waals surface area (Å²) in [7, 11) is 0. The largest absolute Gasteiger partial charge is 0.334 e. The smallest absolute Gasteiger partial charge is 0.322 e. The zero-order chi connectivity index (χ0) is 25.4. The maximum absolute atomic E-state index is 14.4. The van der Waals surface area contributed by atoms with Crippen molar-refractivity contribution in [1.29, 1.82) is 0 Å². The minimum Gasteiger partial charge on any atom is -0.334 e. The summed E-state index contributed by atoms with van der Waals surface area (Å²) in [4.78, 5) is 19.3. The molecule has 0 fully saturated rings. The third-order valence-electron chi connectivity index (χ3n) is 6.51. The first-order valence-electron chi connectivity index (χ1n) is 11.5. The molecule has 2 heterocycles. The molecule has 0 saturated heterocycles. The highest BCUT2D eigenvalue weighted by atomic mass is 19.1. The molecule has 0 saturated carbocycles. The van der Waals surface area contributed by atoms with Crippen LogP contribution in [0.15, 0.2) is 77.0 Å². The molecule has 8 heteroatoms. The van der Waals surface area contributed by atoms with Gasteiger partial charge in [-0.05, 0) is 67.8 Å². The van der Waals surface area contributed by atoms with E-state index in [-0.39, 0.29) is 24.3 Å². The number of carbonyl (C=O) groups is 1. The van der Waals surface area contributed by atoms with Gasteiger partial charge in [0.05, 0.1) is 18.2 Å². The number of halogens is 2. The van der Waals surface area contributed by atoms with Crippen molar-refractivity contribution in [2.24, 2.45) is 0 Å². The van der Waals surface area contributed by atoms with Crippen LogP contribution in [0.25, 0.3) is 17.0 Å². The molecule has 0 bridgehead atoms. The molecule has 1 aromatic heterocycles. The summed E-state index contributed by atoms with van der Waals surface area (Å²) in [6.45, 7) is 5.84. The molecular formula is C28H24F2N4O2. The van der Waals surface area contributed by atoms with Gasteiger partial charge in [0.2, 0.25) is 5.82 Å². The SMILES string of the molecule is CC1=C(c2nc(-c3ccc(F)cc3)no2)C(c2ccc(C)c(C)c2)NC(=O)N1Cc1ccccc1F. The second-order valence-electron chi connectivity index (χ2n) is 8.83. The molecule has 6 nitrogen and oxygen atoms in total. The third-order valence-corrected chi connectivity index (χ3v) is 6.51. The number of hydrogen-bond donors (Lipinski definition) is 1. The second-order valence-corrected chi connectivity index (χ2v) is 8.83. The zero-order valence-electron chi connectivity index (χ0n) is 20.0. The molecule has 0 aliphatic carbocycles. The van der Waals surface area contributed by atoms with Crippen molar-refractivity contribution in [3.8, 4) is 11.4 Å². The summed E-state index contributed by atoms with van der Waals surface area (Å²) in [6, 6.07) is 17.2. The van der Waals surface area contributed by atoms with Crippen LogP contribution in [0.3, 0.4) is 0 Å². The average Bonchev–Trinajstić information content (AvgIpc) is 3.34. The van der Waals surface area contributed by atoms with Crippen LogP contribution in [0.1, 0.15) is 41.1 Å². The number of carbonyl (C=O) groups excluding carboxylic acids is 1. The summed E-state index contributed by atoms with van der Waals surface area (Å²) in [5, 5.41) is 7.13. The molecule has 0 radical (unpaired) electrons. The van der Waals surface area contributed by atoms with Gasteiger partial charge in [-0.2, -0.15) is 4.98 Å². The van der Waals surface area contributed by atoms with Crippen molar-refractivity contribution in [1.82, 2.24) is 20.4 Å². The van der Waals surface area contributed by atoms with Crippen LogP contribution in [0, 0.1) is 25.5 Å². The number of aryl methyl sites for hydroxylation is 2. The molecule has 0 spiro atoms. The number of nitrogens with zero attached hydrogens (tertiary/aromatic N) is 3. The van der Waals surface area contributed by atoms with Crippen LogP contribution < -0.4 is 5.32 Å². The number of allylic oxidation sites excluding steroid dienone is 1. The van der Waals surface area contributed by atoms with E-state index >= 15 is 0 Å². The Morgan fingerprint density at radius 3 is 2.44 bits per heavy atom. The van der Waals surface area contributed by atoms with Crippen LogP contribution in [0.2, 0.25) is 0 Å². The number of benzene rings is 3. The Morgan fingerprint density at radius 1 is 0.972 bits per heavy atom. The summed E-state index contributed by atoms with van der Waals surface area (Å²) < 4.78 is 33.5. The van der Waals surface area contributed by atoms with Crippen molar-refractivity contribution in [3.63, 3.8) is 0 Å². The van der Waals surface area contributed by atoms with Crippen LogP contribution in [0.5, 0.6) is 0 Å². The molecule has 1 aliphatic heterocycles. The van der Waals surface area contributed by atoms with E-state index in [2.05, 4.69) is 15.5 Å². The summed E-state index contributed by atoms with van der Waals surface area (Å²) in [5.74, 6) is -0.253. The molecule has 1 unspecified atom stereocenters. The first-order chi connectivity index (χ1) is 17.3. The Hall–Kier alpha value is -4.33. The van der Waals surface area contributed by atoms with Gasteiger partial charge in [0, 0.05) is 16.8 Å². The standard InChI is InChI=1S/C28H24F2N4O2/c1-16-8-9-20(14-17(16)2)25-24(27-32-26(33-36-27)19-10-12-22(29)13-11-19)18(3)34(28(35)31-25)15-21-6-4-5-7-23(21)30/h4-14,25H,15H2,1-3H3,(H,31,35). The Kier molecular flexibility index (Phi) is 6.10. The van der Waals surface area contributed by atoms with E-state index in [1.807, 2.05) is 32.0 Å². The van der Waals surface area contributed by atoms with Crippen LogP contribution >= 0.6 is 0 Å². The number of rotatable bonds is 5. The molecule has 1 atom stereocenters. The molecule has 36 heavy (non-hydrogen) atoms. The Balaban J connectivity index is 1.62. The molecule has 3 aromatic carbocycles. The maximum Gasteiger partial charge on any atom is 0.322 e. The van der Waals surface area contributed by atoms with Crippen molar-refractivity contribution in [3.05, 3.63) is 112 Å². The Labute approximate surface area is 207 Å². The lowest BCUT2D eigenvalue weighted by Crippen LogP contribution is -2.45. The van der Waals surface area contributed by atoms with Gasteiger partial charge in [-0.15, -0.1) is 0 Å². The summed E-state index contributed by atoms with van der Waals surface area (Å²) in [5.41, 5.74) is 5.21. The third kappa shape index (κ3) is 4.37. The molecule has 5 rings (SSSR count). The van der Waals surface area contributed by atoms with Gasteiger partial charge in [-0.3, -0.25) is 4.90 Å². The van der Waals surface area contributed by atoms with Crippen molar-refractivity contribution >= 4 is 11.6 Å². The molecule has 2 amide bonds. The van der Waals surface area contributed by atoms with E-state index in [0.29, 0.717) is 28.2 Å². The number of urea groups is 1. The normalized spacial score (nSPS) is 15.9. The maximum atomic E-state index is 14.4. The predicted molar refractivity (Wildman–Crippen MR) is 131 cm³/mol. The average molecular weight is 487 g/mol. The van der Waals surface area contributed by atoms with Crippen molar-refractivity contribution in [2.75, 3.05) is 0 Å². The van der Waals surface area contributed by atoms with Gasteiger partial charge in [-0.25, -0.2) is 13.6 Å². The lowest BCUT2D eigenvalue weighted by atomic mass is 9.92. The number of aromatic nitrogens is 2. The highest BCUT2D eigenvalue weighted by Gasteiger charge is 2.36. The van der Waals surface area contributed by atoms with E-state index in [4.69, 9.17) is 4.52 Å². The second kappa shape index (κ2) is 9.37. The van der Waals surface area contributed by atoms with Gasteiger partial charge in [-0.1, -0.05) is 41.6 Å². The van der Waals surface area contributed by atoms with Gasteiger partial charge in [0.25, 0.3) is 5.89 Å². The monoisotopic (exact) mass is 486 g/mol. The zero-order valence-corrected chi connectivity index (χ0v) is 20.0. The quantitative estimate of drug-likeness (QED) is 0.358. The molecule has 1 aliphatic rings. The summed E-state index contributed by atoms with van der Waals surface area (Å²) in [6.07, 6.45) is 0. The fourth-order valence-corrected chi connectivity index (χ4v) is 4.29. The number of hydrogen-bond acceptors (Lipinski definition) is 4. The van der Waals surface area contributed by atoms with Crippen LogP contribution in [-0.4, -0.2) is 21.1 Å². The Morgan fingerprint density at radius 2 is 1.72 bits per heavy atom. The van der Waals surface area contributed by atoms with Crippen molar-refractivity contribution in [2.45, 2.75) is 33.4 Å². The van der Waals surface area contributed by atoms with Gasteiger partial charge >= 0.3 is 6.03 Å². The lowest BCUT2D eigenvalue weighted by Gasteiger charge is -2.35. The number of amides is 2. The fraction of sp³-hybridized carbons (Fsp3) is 0.179. The Bertz CT molecular complexity index is 1480. The van der Waals surface area contributed by atoms with E-state index in [1.165, 1.54) is 23.1 Å². The lowest BCUT2D eigenvalue weighted by molar-refractivity contribution is 0.202. The van der Waals surface area contributed by atoms with Crippen LogP contribution in [0.4, 0.5) is 13.6 Å². The topological polar surface area (TPSA) is 71.3 Å². The first-order valence-corrected chi connectivity index (χ1v) is 11.5. The van der Waals surface area contributed by atoms with E-state index < -0.39 is 11.9 Å². The van der Waals surface area contributed by atoms with Gasteiger partial charge in [0.1, 0.15) is 11.6 Å². The van der Waals surface area contributed by atoms with E-state index in [1.54, 1.807) is 37.3 Å². The van der Waals surface area contributed by atoms with Gasteiger partial charge < -0.3 is 9.84 Å². The fourth-order valence-electron chi connectivity index (χ4n) is 4.29. The molecule has 4 aromatic rings. The number of nitrogens with one attached hydrogen (secondary N) is 1. The van der Waals surface area contributed by atoms with Crippen molar-refractivity contribution < 1.29 is 18.1 Å². The van der Waals surface area contributed by atoms with E-state index in [9.17, 15) is 13.6 Å². The van der Waals surface area contributed by atoms with Crippen LogP contribution in [-0.2, 0) is 6.54 Å². The predicted octanol–water partition coefficient (Wildman–Crippen LogP) is 6.33. The van der Waals surface area contributed by atoms with E-state index in [0.717, 1.165) is 16.7 Å². The minimum absolute atomic E-state index is 0.0342. The molecular weight excluding hydrogens is 462 g/mol. The highest BCUT2D eigenvalue weighted by molar-refractivity contribution is 5.87. The first kappa shape index (κ1) is 23.4.